The normalized spacial score (nSPS) is 16.4. The quantitative estimate of drug-likeness (QED) is 0.907. The molecule has 0 spiro atoms. The highest BCUT2D eigenvalue weighted by Gasteiger charge is 2.09. The summed E-state index contributed by atoms with van der Waals surface area (Å²) in [5.41, 5.74) is 1.16. The molecule has 18 heavy (non-hydrogen) atoms. The molecule has 0 bridgehead atoms. The van der Waals surface area contributed by atoms with Gasteiger partial charge in [0, 0.05) is 23.8 Å². The highest BCUT2D eigenvalue weighted by molar-refractivity contribution is 6.30. The van der Waals surface area contributed by atoms with Gasteiger partial charge in [-0.15, -0.1) is 0 Å². The molecule has 1 aliphatic heterocycles. The summed E-state index contributed by atoms with van der Waals surface area (Å²) >= 11 is 5.99. The third-order valence-corrected chi connectivity index (χ3v) is 3.22. The number of hydrogen-bond acceptors (Lipinski definition) is 3. The predicted octanol–water partition coefficient (Wildman–Crippen LogP) is 3.20. The van der Waals surface area contributed by atoms with Crippen LogP contribution in [0, 0.1) is 0 Å². The van der Waals surface area contributed by atoms with Crippen molar-refractivity contribution < 1.29 is 0 Å². The summed E-state index contributed by atoms with van der Waals surface area (Å²) in [4.78, 5) is 6.63. The van der Waals surface area contributed by atoms with Gasteiger partial charge in [0.1, 0.15) is 12.5 Å². The minimum atomic E-state index is 0.195. The van der Waals surface area contributed by atoms with Gasteiger partial charge in [-0.25, -0.2) is 4.99 Å². The van der Waals surface area contributed by atoms with Crippen LogP contribution in [0.4, 0.5) is 0 Å². The second-order valence-electron chi connectivity index (χ2n) is 4.33. The summed E-state index contributed by atoms with van der Waals surface area (Å²) < 4.78 is 0. The molecule has 1 unspecified atom stereocenters. The first-order valence-electron chi connectivity index (χ1n) is 6.17. The Kier molecular flexibility index (Phi) is 4.26. The molecule has 1 aliphatic rings. The number of amidine groups is 1. The maximum Gasteiger partial charge on any atom is 0.124 e. The highest BCUT2D eigenvalue weighted by Crippen LogP contribution is 2.17. The first-order chi connectivity index (χ1) is 8.69. The molecule has 0 fully saturated rings. The number of nitrogens with one attached hydrogen (secondary N) is 1. The highest BCUT2D eigenvalue weighted by atomic mass is 35.5. The van der Waals surface area contributed by atoms with Crippen LogP contribution < -0.4 is 5.32 Å². The van der Waals surface area contributed by atoms with Crippen molar-refractivity contribution in [3.05, 3.63) is 47.1 Å². The molecule has 0 radical (unpaired) electrons. The summed E-state index contributed by atoms with van der Waals surface area (Å²) in [5.74, 6) is 0.923. The van der Waals surface area contributed by atoms with E-state index in [1.807, 2.05) is 24.3 Å². The van der Waals surface area contributed by atoms with E-state index in [1.54, 1.807) is 0 Å². The molecule has 1 N–H and O–H groups in total. The lowest BCUT2D eigenvalue weighted by Gasteiger charge is -2.22. The lowest BCUT2D eigenvalue weighted by Crippen LogP contribution is -2.30. The summed E-state index contributed by atoms with van der Waals surface area (Å²) in [7, 11) is 0. The first kappa shape index (κ1) is 13.0. The zero-order chi connectivity index (χ0) is 13.0. The zero-order valence-electron chi connectivity index (χ0n) is 10.7. The molecule has 2 rings (SSSR count). The fraction of sp³-hybridized carbons (Fsp3) is 0.357. The van der Waals surface area contributed by atoms with Crippen molar-refractivity contribution in [1.82, 2.24) is 10.2 Å². The van der Waals surface area contributed by atoms with Crippen molar-refractivity contribution >= 4 is 17.4 Å². The Morgan fingerprint density at radius 3 is 2.94 bits per heavy atom. The molecule has 1 heterocycles. The number of hydrogen-bond donors (Lipinski definition) is 1. The van der Waals surface area contributed by atoms with Crippen LogP contribution in [0.3, 0.4) is 0 Å². The molecule has 3 nitrogen and oxygen atoms in total. The molecule has 0 saturated heterocycles. The van der Waals surface area contributed by atoms with E-state index in [2.05, 4.69) is 41.3 Å². The van der Waals surface area contributed by atoms with E-state index in [1.165, 1.54) is 0 Å². The van der Waals surface area contributed by atoms with Crippen molar-refractivity contribution in [2.45, 2.75) is 19.9 Å². The molecular formula is C14H18ClN3. The Labute approximate surface area is 113 Å². The SMILES string of the molecule is CCN1C=CC(NC(C)c2cccc(Cl)c2)=NC1. The van der Waals surface area contributed by atoms with Gasteiger partial charge in [-0.1, -0.05) is 23.7 Å². The molecule has 0 saturated carbocycles. The van der Waals surface area contributed by atoms with E-state index >= 15 is 0 Å². The summed E-state index contributed by atoms with van der Waals surface area (Å²) in [6.07, 6.45) is 4.08. The van der Waals surface area contributed by atoms with Gasteiger partial charge in [0.2, 0.25) is 0 Å². The van der Waals surface area contributed by atoms with Crippen LogP contribution in [0.15, 0.2) is 41.5 Å². The Balaban J connectivity index is 1.98. The smallest absolute Gasteiger partial charge is 0.124 e. The van der Waals surface area contributed by atoms with E-state index in [-0.39, 0.29) is 6.04 Å². The second-order valence-corrected chi connectivity index (χ2v) is 4.76. The minimum Gasteiger partial charge on any atom is -0.364 e. The van der Waals surface area contributed by atoms with Crippen molar-refractivity contribution in [3.63, 3.8) is 0 Å². The van der Waals surface area contributed by atoms with Crippen LogP contribution in [-0.2, 0) is 0 Å². The predicted molar refractivity (Wildman–Crippen MR) is 76.8 cm³/mol. The lowest BCUT2D eigenvalue weighted by atomic mass is 10.1. The fourth-order valence-corrected chi connectivity index (χ4v) is 2.02. The van der Waals surface area contributed by atoms with Crippen LogP contribution in [0.5, 0.6) is 0 Å². The maximum atomic E-state index is 5.99. The lowest BCUT2D eigenvalue weighted by molar-refractivity contribution is 0.404. The van der Waals surface area contributed by atoms with E-state index in [0.717, 1.165) is 29.6 Å². The average molecular weight is 264 g/mol. The molecule has 1 atom stereocenters. The zero-order valence-corrected chi connectivity index (χ0v) is 11.5. The largest absolute Gasteiger partial charge is 0.364 e. The fourth-order valence-electron chi connectivity index (χ4n) is 1.82. The van der Waals surface area contributed by atoms with Gasteiger partial charge in [0.05, 0.1) is 0 Å². The van der Waals surface area contributed by atoms with Crippen molar-refractivity contribution in [2.24, 2.45) is 4.99 Å². The number of halogens is 1. The van der Waals surface area contributed by atoms with Crippen molar-refractivity contribution in [1.29, 1.82) is 0 Å². The minimum absolute atomic E-state index is 0.195. The molecule has 1 aromatic rings. The van der Waals surface area contributed by atoms with Crippen LogP contribution in [0.2, 0.25) is 5.02 Å². The number of aliphatic imine (C=N–C) groups is 1. The Morgan fingerprint density at radius 1 is 1.50 bits per heavy atom. The standard InChI is InChI=1S/C14H18ClN3/c1-3-18-8-7-14(16-10-18)17-11(2)12-5-4-6-13(15)9-12/h4-9,11H,3,10H2,1-2H3,(H,16,17). The van der Waals surface area contributed by atoms with Gasteiger partial charge < -0.3 is 10.2 Å². The molecular weight excluding hydrogens is 246 g/mol. The van der Waals surface area contributed by atoms with Gasteiger partial charge in [-0.05, 0) is 37.6 Å². The van der Waals surface area contributed by atoms with Crippen LogP contribution in [0.1, 0.15) is 25.5 Å². The molecule has 0 aliphatic carbocycles. The van der Waals surface area contributed by atoms with E-state index < -0.39 is 0 Å². The average Bonchev–Trinajstić information content (AvgIpc) is 2.39. The maximum absolute atomic E-state index is 5.99. The molecule has 0 aromatic heterocycles. The van der Waals surface area contributed by atoms with E-state index in [4.69, 9.17) is 11.6 Å². The molecule has 1 aromatic carbocycles. The van der Waals surface area contributed by atoms with Gasteiger partial charge in [-0.2, -0.15) is 0 Å². The first-order valence-corrected chi connectivity index (χ1v) is 6.55. The summed E-state index contributed by atoms with van der Waals surface area (Å²) in [6, 6.07) is 8.09. The summed E-state index contributed by atoms with van der Waals surface area (Å²) in [6.45, 7) is 5.93. The van der Waals surface area contributed by atoms with E-state index in [0.29, 0.717) is 0 Å². The Hall–Kier alpha value is -1.48. The number of nitrogens with zero attached hydrogens (tertiary/aromatic N) is 2. The Morgan fingerprint density at radius 2 is 2.33 bits per heavy atom. The van der Waals surface area contributed by atoms with Crippen molar-refractivity contribution in [2.75, 3.05) is 13.2 Å². The Bertz CT molecular complexity index is 468. The van der Waals surface area contributed by atoms with Crippen LogP contribution in [-0.4, -0.2) is 23.9 Å². The summed E-state index contributed by atoms with van der Waals surface area (Å²) in [5, 5.41) is 4.15. The molecule has 4 heteroatoms. The van der Waals surface area contributed by atoms with Gasteiger partial charge in [-0.3, -0.25) is 0 Å². The molecule has 96 valence electrons. The van der Waals surface area contributed by atoms with Crippen molar-refractivity contribution in [3.8, 4) is 0 Å². The van der Waals surface area contributed by atoms with Gasteiger partial charge in [0.15, 0.2) is 0 Å². The third-order valence-electron chi connectivity index (χ3n) is 2.99. The second kappa shape index (κ2) is 5.91. The number of benzene rings is 1. The van der Waals surface area contributed by atoms with Crippen LogP contribution >= 0.6 is 11.6 Å². The van der Waals surface area contributed by atoms with Gasteiger partial charge in [0.25, 0.3) is 0 Å². The molecule has 0 amide bonds. The van der Waals surface area contributed by atoms with Crippen LogP contribution in [0.25, 0.3) is 0 Å². The third kappa shape index (κ3) is 3.26. The van der Waals surface area contributed by atoms with Gasteiger partial charge >= 0.3 is 0 Å². The monoisotopic (exact) mass is 263 g/mol. The van der Waals surface area contributed by atoms with E-state index in [9.17, 15) is 0 Å². The number of rotatable bonds is 3. The topological polar surface area (TPSA) is 27.6 Å².